The minimum absolute atomic E-state index is 0.467. The lowest BCUT2D eigenvalue weighted by Gasteiger charge is -2.00. The van der Waals surface area contributed by atoms with Crippen molar-refractivity contribution in [2.75, 3.05) is 6.61 Å². The maximum absolute atomic E-state index is 9.97. The van der Waals surface area contributed by atoms with Gasteiger partial charge in [0.05, 0.1) is 13.2 Å². The molecule has 0 aliphatic rings. The van der Waals surface area contributed by atoms with Crippen LogP contribution in [0, 0.1) is 0 Å². The third-order valence-corrected chi connectivity index (χ3v) is 1.72. The summed E-state index contributed by atoms with van der Waals surface area (Å²) in [6, 6.07) is 10.00. The quantitative estimate of drug-likeness (QED) is 0.391. The Morgan fingerprint density at radius 1 is 1.14 bits per heavy atom. The lowest BCUT2D eigenvalue weighted by Crippen LogP contribution is -1.91. The fraction of sp³-hybridized carbons (Fsp3) is 0.250. The fourth-order valence-corrected chi connectivity index (χ4v) is 1.04. The third-order valence-electron chi connectivity index (χ3n) is 1.72. The monoisotopic (exact) mass is 190 g/mol. The first-order chi connectivity index (χ1) is 6.93. The first-order valence-electron chi connectivity index (χ1n) is 4.64. The molecule has 0 saturated carbocycles. The molecular weight excluding hydrogens is 176 g/mol. The van der Waals surface area contributed by atoms with Crippen molar-refractivity contribution in [3.8, 4) is 0 Å². The van der Waals surface area contributed by atoms with Crippen molar-refractivity contribution < 1.29 is 9.53 Å². The second-order valence-corrected chi connectivity index (χ2v) is 2.87. The van der Waals surface area contributed by atoms with Crippen LogP contribution in [-0.2, 0) is 16.1 Å². The van der Waals surface area contributed by atoms with Crippen LogP contribution in [0.1, 0.15) is 12.0 Å². The zero-order valence-corrected chi connectivity index (χ0v) is 8.06. The number of aldehydes is 1. The van der Waals surface area contributed by atoms with Crippen LogP contribution in [-0.4, -0.2) is 12.9 Å². The highest BCUT2D eigenvalue weighted by Crippen LogP contribution is 1.99. The maximum Gasteiger partial charge on any atom is 0.123 e. The smallest absolute Gasteiger partial charge is 0.123 e. The van der Waals surface area contributed by atoms with E-state index in [1.807, 2.05) is 36.4 Å². The van der Waals surface area contributed by atoms with E-state index in [4.69, 9.17) is 4.74 Å². The molecule has 0 N–H and O–H groups in total. The van der Waals surface area contributed by atoms with Gasteiger partial charge in [-0.15, -0.1) is 0 Å². The summed E-state index contributed by atoms with van der Waals surface area (Å²) >= 11 is 0. The van der Waals surface area contributed by atoms with Gasteiger partial charge in [-0.2, -0.15) is 0 Å². The van der Waals surface area contributed by atoms with Gasteiger partial charge in [0.1, 0.15) is 6.29 Å². The molecule has 0 aliphatic carbocycles. The molecule has 14 heavy (non-hydrogen) atoms. The van der Waals surface area contributed by atoms with Gasteiger partial charge in [0.25, 0.3) is 0 Å². The SMILES string of the molecule is O=CC/C=C\COCc1ccccc1. The maximum atomic E-state index is 9.97. The Morgan fingerprint density at radius 3 is 2.64 bits per heavy atom. The molecule has 0 radical (unpaired) electrons. The van der Waals surface area contributed by atoms with E-state index < -0.39 is 0 Å². The molecule has 0 amide bonds. The van der Waals surface area contributed by atoms with Gasteiger partial charge < -0.3 is 9.53 Å². The minimum Gasteiger partial charge on any atom is -0.373 e. The lowest BCUT2D eigenvalue weighted by molar-refractivity contribution is -0.107. The number of benzene rings is 1. The molecule has 0 heterocycles. The summed E-state index contributed by atoms with van der Waals surface area (Å²) in [6.45, 7) is 1.18. The van der Waals surface area contributed by atoms with Gasteiger partial charge in [-0.3, -0.25) is 0 Å². The number of carbonyl (C=O) groups excluding carboxylic acids is 1. The molecule has 1 aromatic carbocycles. The van der Waals surface area contributed by atoms with Gasteiger partial charge >= 0.3 is 0 Å². The molecule has 2 heteroatoms. The summed E-state index contributed by atoms with van der Waals surface area (Å²) in [4.78, 5) is 9.97. The molecule has 1 rings (SSSR count). The van der Waals surface area contributed by atoms with Crippen molar-refractivity contribution in [2.45, 2.75) is 13.0 Å². The Morgan fingerprint density at radius 2 is 1.93 bits per heavy atom. The first kappa shape index (κ1) is 10.7. The lowest BCUT2D eigenvalue weighted by atomic mass is 10.2. The predicted molar refractivity (Wildman–Crippen MR) is 55.9 cm³/mol. The Bertz CT molecular complexity index is 278. The van der Waals surface area contributed by atoms with Gasteiger partial charge in [0, 0.05) is 6.42 Å². The van der Waals surface area contributed by atoms with E-state index in [0.717, 1.165) is 11.8 Å². The standard InChI is InChI=1S/C12H14O2/c13-9-5-2-6-10-14-11-12-7-3-1-4-8-12/h1-4,6-9H,5,10-11H2/b6-2-. The topological polar surface area (TPSA) is 26.3 Å². The summed E-state index contributed by atoms with van der Waals surface area (Å²) in [5.41, 5.74) is 1.16. The minimum atomic E-state index is 0.467. The van der Waals surface area contributed by atoms with E-state index in [-0.39, 0.29) is 0 Å². The van der Waals surface area contributed by atoms with Crippen molar-refractivity contribution in [1.82, 2.24) is 0 Å². The van der Waals surface area contributed by atoms with Gasteiger partial charge in [0.15, 0.2) is 0 Å². The molecule has 0 aromatic heterocycles. The van der Waals surface area contributed by atoms with Gasteiger partial charge in [-0.25, -0.2) is 0 Å². The molecule has 0 saturated heterocycles. The zero-order chi connectivity index (χ0) is 10.1. The van der Waals surface area contributed by atoms with Crippen LogP contribution in [0.25, 0.3) is 0 Å². The van der Waals surface area contributed by atoms with Crippen LogP contribution in [0.5, 0.6) is 0 Å². The second kappa shape index (κ2) is 7.04. The largest absolute Gasteiger partial charge is 0.373 e. The summed E-state index contributed by atoms with van der Waals surface area (Å²) in [5, 5.41) is 0. The molecule has 0 fully saturated rings. The number of rotatable bonds is 6. The van der Waals surface area contributed by atoms with Crippen molar-refractivity contribution in [2.24, 2.45) is 0 Å². The van der Waals surface area contributed by atoms with Crippen LogP contribution in [0.3, 0.4) is 0 Å². The highest BCUT2D eigenvalue weighted by Gasteiger charge is 1.88. The van der Waals surface area contributed by atoms with Crippen LogP contribution in [0.4, 0.5) is 0 Å². The van der Waals surface area contributed by atoms with Crippen LogP contribution in [0.2, 0.25) is 0 Å². The van der Waals surface area contributed by atoms with E-state index in [1.54, 1.807) is 6.08 Å². The molecule has 74 valence electrons. The average molecular weight is 190 g/mol. The second-order valence-electron chi connectivity index (χ2n) is 2.87. The number of ether oxygens (including phenoxy) is 1. The summed E-state index contributed by atoms with van der Waals surface area (Å²) in [7, 11) is 0. The molecule has 0 spiro atoms. The molecular formula is C12H14O2. The van der Waals surface area contributed by atoms with E-state index in [1.165, 1.54) is 0 Å². The molecule has 0 aliphatic heterocycles. The Kier molecular flexibility index (Phi) is 5.36. The van der Waals surface area contributed by atoms with Crippen molar-refractivity contribution in [1.29, 1.82) is 0 Å². The van der Waals surface area contributed by atoms with Crippen LogP contribution < -0.4 is 0 Å². The first-order valence-corrected chi connectivity index (χ1v) is 4.64. The Hall–Kier alpha value is -1.41. The summed E-state index contributed by atoms with van der Waals surface area (Å²) in [5.74, 6) is 0. The molecule has 0 bridgehead atoms. The average Bonchev–Trinajstić information content (AvgIpc) is 2.25. The van der Waals surface area contributed by atoms with E-state index in [0.29, 0.717) is 19.6 Å². The molecule has 2 nitrogen and oxygen atoms in total. The number of hydrogen-bond acceptors (Lipinski definition) is 2. The van der Waals surface area contributed by atoms with E-state index in [2.05, 4.69) is 0 Å². The van der Waals surface area contributed by atoms with E-state index in [9.17, 15) is 4.79 Å². The van der Waals surface area contributed by atoms with Crippen molar-refractivity contribution in [3.63, 3.8) is 0 Å². The Labute approximate surface area is 84.2 Å². The zero-order valence-electron chi connectivity index (χ0n) is 8.06. The van der Waals surface area contributed by atoms with Crippen LogP contribution >= 0.6 is 0 Å². The number of carbonyl (C=O) groups is 1. The Balaban J connectivity index is 2.13. The van der Waals surface area contributed by atoms with Gasteiger partial charge in [0.2, 0.25) is 0 Å². The predicted octanol–water partition coefficient (Wildman–Crippen LogP) is 2.35. The third kappa shape index (κ3) is 4.58. The molecule has 0 atom stereocenters. The van der Waals surface area contributed by atoms with Gasteiger partial charge in [-0.05, 0) is 5.56 Å². The van der Waals surface area contributed by atoms with Crippen molar-refractivity contribution >= 4 is 6.29 Å². The fourth-order valence-electron chi connectivity index (χ4n) is 1.04. The van der Waals surface area contributed by atoms with Crippen LogP contribution in [0.15, 0.2) is 42.5 Å². The van der Waals surface area contributed by atoms with Gasteiger partial charge in [-0.1, -0.05) is 42.5 Å². The molecule has 1 aromatic rings. The van der Waals surface area contributed by atoms with Crippen molar-refractivity contribution in [3.05, 3.63) is 48.0 Å². The summed E-state index contributed by atoms with van der Waals surface area (Å²) in [6.07, 6.45) is 5.00. The normalized spacial score (nSPS) is 10.6. The number of hydrogen-bond donors (Lipinski definition) is 0. The number of allylic oxidation sites excluding steroid dienone is 1. The molecule has 0 unspecified atom stereocenters. The summed E-state index contributed by atoms with van der Waals surface area (Å²) < 4.78 is 5.36. The van der Waals surface area contributed by atoms with E-state index >= 15 is 0 Å². The highest BCUT2D eigenvalue weighted by atomic mass is 16.5. The highest BCUT2D eigenvalue weighted by molar-refractivity contribution is 5.51.